The molecule has 6 nitrogen and oxygen atoms in total. The molecule has 2 amide bonds. The summed E-state index contributed by atoms with van der Waals surface area (Å²) in [6.45, 7) is 3.99. The molecule has 1 N–H and O–H groups in total. The van der Waals surface area contributed by atoms with Crippen LogP contribution in [-0.2, 0) is 19.1 Å². The summed E-state index contributed by atoms with van der Waals surface area (Å²) >= 11 is 0. The molecule has 6 heteroatoms. The first-order valence-corrected chi connectivity index (χ1v) is 9.28. The van der Waals surface area contributed by atoms with Crippen LogP contribution in [0.4, 0.5) is 5.69 Å². The molecule has 0 unspecified atom stereocenters. The summed E-state index contributed by atoms with van der Waals surface area (Å²) in [6, 6.07) is 6.00. The molecular formula is C20H26N2O4. The van der Waals surface area contributed by atoms with Crippen LogP contribution in [0.25, 0.3) is 0 Å². The average Bonchev–Trinajstić information content (AvgIpc) is 3.25. The van der Waals surface area contributed by atoms with Gasteiger partial charge in [-0.2, -0.15) is 0 Å². The van der Waals surface area contributed by atoms with Gasteiger partial charge in [0.05, 0.1) is 5.92 Å². The highest BCUT2D eigenvalue weighted by molar-refractivity contribution is 6.00. The van der Waals surface area contributed by atoms with Gasteiger partial charge in [-0.25, -0.2) is 0 Å². The second kappa shape index (κ2) is 7.89. The number of benzene rings is 1. The number of hydrogen-bond acceptors (Lipinski definition) is 4. The first-order valence-electron chi connectivity index (χ1n) is 9.28. The van der Waals surface area contributed by atoms with Crippen molar-refractivity contribution in [2.45, 2.75) is 52.0 Å². The minimum atomic E-state index is -0.526. The zero-order valence-electron chi connectivity index (χ0n) is 15.4. The number of carbonyl (C=O) groups is 3. The summed E-state index contributed by atoms with van der Waals surface area (Å²) in [5, 5.41) is 2.89. The van der Waals surface area contributed by atoms with Gasteiger partial charge in [-0.3, -0.25) is 14.4 Å². The Labute approximate surface area is 153 Å². The minimum absolute atomic E-state index is 0.0870. The van der Waals surface area contributed by atoms with E-state index in [-0.39, 0.29) is 30.9 Å². The van der Waals surface area contributed by atoms with Crippen LogP contribution in [0.1, 0.15) is 43.2 Å². The highest BCUT2D eigenvalue weighted by Crippen LogP contribution is 2.29. The third kappa shape index (κ3) is 4.06. The maximum Gasteiger partial charge on any atom is 0.311 e. The van der Waals surface area contributed by atoms with Gasteiger partial charge in [-0.05, 0) is 43.9 Å². The number of amides is 2. The van der Waals surface area contributed by atoms with Gasteiger partial charge >= 0.3 is 5.97 Å². The third-order valence-electron chi connectivity index (χ3n) is 5.39. The lowest BCUT2D eigenvalue weighted by atomic mass is 10.1. The summed E-state index contributed by atoms with van der Waals surface area (Å²) in [6.07, 6.45) is 4.35. The highest BCUT2D eigenvalue weighted by Gasteiger charge is 2.37. The Morgan fingerprint density at radius 3 is 2.69 bits per heavy atom. The van der Waals surface area contributed by atoms with Crippen LogP contribution in [-0.4, -0.2) is 37.0 Å². The number of ether oxygens (including phenoxy) is 1. The summed E-state index contributed by atoms with van der Waals surface area (Å²) < 4.78 is 5.15. The van der Waals surface area contributed by atoms with Crippen LogP contribution in [0.5, 0.6) is 0 Å². The lowest BCUT2D eigenvalue weighted by Gasteiger charge is -2.20. The molecule has 1 heterocycles. The van der Waals surface area contributed by atoms with Crippen molar-refractivity contribution >= 4 is 23.5 Å². The Hall–Kier alpha value is -2.37. The molecule has 1 saturated heterocycles. The Morgan fingerprint density at radius 1 is 1.23 bits per heavy atom. The number of carbonyl (C=O) groups excluding carboxylic acids is 3. The van der Waals surface area contributed by atoms with Gasteiger partial charge in [0.1, 0.15) is 0 Å². The number of esters is 1. The number of hydrogen-bond donors (Lipinski definition) is 1. The highest BCUT2D eigenvalue weighted by atomic mass is 16.5. The third-order valence-corrected chi connectivity index (χ3v) is 5.39. The van der Waals surface area contributed by atoms with Crippen LogP contribution < -0.4 is 10.2 Å². The van der Waals surface area contributed by atoms with Gasteiger partial charge in [0.15, 0.2) is 6.61 Å². The fourth-order valence-corrected chi connectivity index (χ4v) is 3.72. The fourth-order valence-electron chi connectivity index (χ4n) is 3.72. The second-order valence-corrected chi connectivity index (χ2v) is 7.28. The number of nitrogens with one attached hydrogen (secondary N) is 1. The predicted molar refractivity (Wildman–Crippen MR) is 97.7 cm³/mol. The number of aryl methyl sites for hydroxylation is 1. The molecule has 2 fully saturated rings. The van der Waals surface area contributed by atoms with Crippen LogP contribution in [0.3, 0.4) is 0 Å². The van der Waals surface area contributed by atoms with E-state index >= 15 is 0 Å². The van der Waals surface area contributed by atoms with Crippen LogP contribution in [0, 0.1) is 19.8 Å². The van der Waals surface area contributed by atoms with Gasteiger partial charge in [-0.1, -0.05) is 25.0 Å². The van der Waals surface area contributed by atoms with Gasteiger partial charge in [0.25, 0.3) is 5.91 Å². The molecule has 0 aromatic heterocycles. The smallest absolute Gasteiger partial charge is 0.311 e. The average molecular weight is 358 g/mol. The Bertz CT molecular complexity index is 710. The molecule has 0 radical (unpaired) electrons. The number of anilines is 1. The van der Waals surface area contributed by atoms with E-state index in [4.69, 9.17) is 4.74 Å². The number of nitrogens with zero attached hydrogens (tertiary/aromatic N) is 1. The van der Waals surface area contributed by atoms with Crippen molar-refractivity contribution in [2.24, 2.45) is 5.92 Å². The Kier molecular flexibility index (Phi) is 5.59. The van der Waals surface area contributed by atoms with E-state index in [0.29, 0.717) is 6.54 Å². The summed E-state index contributed by atoms with van der Waals surface area (Å²) in [5.74, 6) is -1.36. The van der Waals surface area contributed by atoms with E-state index in [2.05, 4.69) is 5.32 Å². The van der Waals surface area contributed by atoms with Crippen molar-refractivity contribution < 1.29 is 19.1 Å². The molecule has 1 saturated carbocycles. The molecule has 3 rings (SSSR count). The molecule has 1 atom stereocenters. The van der Waals surface area contributed by atoms with Crippen LogP contribution >= 0.6 is 0 Å². The zero-order valence-corrected chi connectivity index (χ0v) is 15.4. The SMILES string of the molecule is Cc1cccc(N2C[C@@H](C(=O)OCC(=O)NC3CCCC3)CC2=O)c1C. The van der Waals surface area contributed by atoms with Crippen molar-refractivity contribution in [3.8, 4) is 0 Å². The monoisotopic (exact) mass is 358 g/mol. The minimum Gasteiger partial charge on any atom is -0.455 e. The normalized spacial score (nSPS) is 20.5. The largest absolute Gasteiger partial charge is 0.455 e. The van der Waals surface area contributed by atoms with E-state index in [9.17, 15) is 14.4 Å². The molecule has 1 aromatic carbocycles. The topological polar surface area (TPSA) is 75.7 Å². The van der Waals surface area contributed by atoms with Gasteiger partial charge in [0.2, 0.25) is 5.91 Å². The molecule has 140 valence electrons. The number of rotatable bonds is 5. The summed E-state index contributed by atoms with van der Waals surface area (Å²) in [5.41, 5.74) is 2.97. The molecule has 1 aliphatic carbocycles. The maximum absolute atomic E-state index is 12.4. The van der Waals surface area contributed by atoms with Crippen LogP contribution in [0.15, 0.2) is 18.2 Å². The lowest BCUT2D eigenvalue weighted by molar-refractivity contribution is -0.152. The standard InChI is InChI=1S/C20H26N2O4/c1-13-6-5-9-17(14(13)2)22-11-15(10-19(22)24)20(25)26-12-18(23)21-16-7-3-4-8-16/h5-6,9,15-16H,3-4,7-8,10-12H2,1-2H3,(H,21,23)/t15-/m0/s1. The van der Waals surface area contributed by atoms with Gasteiger partial charge in [-0.15, -0.1) is 0 Å². The summed E-state index contributed by atoms with van der Waals surface area (Å²) in [4.78, 5) is 38.2. The maximum atomic E-state index is 12.4. The molecule has 0 bridgehead atoms. The van der Waals surface area contributed by atoms with E-state index in [1.165, 1.54) is 0 Å². The molecule has 0 spiro atoms. The van der Waals surface area contributed by atoms with E-state index in [1.807, 2.05) is 32.0 Å². The molecule has 2 aliphatic rings. The Morgan fingerprint density at radius 2 is 1.96 bits per heavy atom. The van der Waals surface area contributed by atoms with Crippen molar-refractivity contribution in [2.75, 3.05) is 18.1 Å². The van der Waals surface area contributed by atoms with Crippen molar-refractivity contribution in [3.05, 3.63) is 29.3 Å². The van der Waals surface area contributed by atoms with Crippen molar-refractivity contribution in [1.82, 2.24) is 5.32 Å². The molecular weight excluding hydrogens is 332 g/mol. The Balaban J connectivity index is 1.53. The van der Waals surface area contributed by atoms with Crippen LogP contribution in [0.2, 0.25) is 0 Å². The van der Waals surface area contributed by atoms with Crippen molar-refractivity contribution in [3.63, 3.8) is 0 Å². The predicted octanol–water partition coefficient (Wildman–Crippen LogP) is 2.26. The summed E-state index contributed by atoms with van der Waals surface area (Å²) in [7, 11) is 0. The van der Waals surface area contributed by atoms with E-state index in [1.54, 1.807) is 4.90 Å². The quantitative estimate of drug-likeness (QED) is 0.819. The molecule has 1 aliphatic heterocycles. The van der Waals surface area contributed by atoms with E-state index < -0.39 is 11.9 Å². The molecule has 1 aromatic rings. The van der Waals surface area contributed by atoms with Gasteiger partial charge < -0.3 is 15.0 Å². The lowest BCUT2D eigenvalue weighted by Crippen LogP contribution is -2.36. The fraction of sp³-hybridized carbons (Fsp3) is 0.550. The molecule has 26 heavy (non-hydrogen) atoms. The van der Waals surface area contributed by atoms with E-state index in [0.717, 1.165) is 42.5 Å². The zero-order chi connectivity index (χ0) is 18.7. The second-order valence-electron chi connectivity index (χ2n) is 7.28. The first kappa shape index (κ1) is 18.4. The van der Waals surface area contributed by atoms with Crippen molar-refractivity contribution in [1.29, 1.82) is 0 Å². The first-order chi connectivity index (χ1) is 12.5. The van der Waals surface area contributed by atoms with Gasteiger partial charge in [0, 0.05) is 24.7 Å².